The molecule has 71 heavy (non-hydrogen) atoms. The Hall–Kier alpha value is -2.81. The molecule has 0 rings (SSSR count). The number of quaternary nitrogens is 1. The highest BCUT2D eigenvalue weighted by atomic mass is 31.2. The van der Waals surface area contributed by atoms with E-state index in [1.165, 1.54) is 122 Å². The van der Waals surface area contributed by atoms with Gasteiger partial charge in [0.1, 0.15) is 19.3 Å². The standard InChI is InChI=1S/C61H109N2O7P/c1-7-10-13-16-19-22-25-28-30-31-32-33-34-35-38-41-44-47-50-53-60(64)62-58(57-69-71(66,67)68-56-55-63(4,5)6)59(52-49-46-43-40-37-27-24-21-18-15-12-9-3)70-61(65)54-51-48-45-42-39-36-29-26-23-20-17-14-11-8-2/h10,13,19,22,28,30,32-33,35,38,44,47,49,52,58-59H,7-9,11-12,14-18,20-21,23-27,29,31,34,36-37,39-43,45-46,48,50-51,53-57H2,1-6H3,(H-,62,64,66,67)/b13-10-,22-19-,30-28-,33-32-,38-35-,47-44-,52-49-. The van der Waals surface area contributed by atoms with E-state index in [0.717, 1.165) is 77.0 Å². The van der Waals surface area contributed by atoms with Gasteiger partial charge in [0.25, 0.3) is 7.82 Å². The van der Waals surface area contributed by atoms with E-state index in [1.807, 2.05) is 45.4 Å². The Morgan fingerprint density at radius 1 is 0.507 bits per heavy atom. The highest BCUT2D eigenvalue weighted by Gasteiger charge is 2.27. The van der Waals surface area contributed by atoms with E-state index in [1.54, 1.807) is 0 Å². The first kappa shape index (κ1) is 68.2. The average molecular weight is 1010 g/mol. The molecule has 3 unspecified atom stereocenters. The first-order valence-corrected chi connectivity index (χ1v) is 30.4. The number of amides is 1. The number of hydrogen-bond donors (Lipinski definition) is 1. The minimum atomic E-state index is -4.72. The number of nitrogens with zero attached hydrogens (tertiary/aromatic N) is 1. The third-order valence-corrected chi connectivity index (χ3v) is 13.3. The molecule has 410 valence electrons. The molecule has 10 heteroatoms. The zero-order valence-electron chi connectivity index (χ0n) is 46.7. The van der Waals surface area contributed by atoms with Gasteiger partial charge in [-0.25, -0.2) is 0 Å². The van der Waals surface area contributed by atoms with Crippen LogP contribution in [-0.2, 0) is 27.9 Å². The maximum absolute atomic E-state index is 13.4. The van der Waals surface area contributed by atoms with Crippen LogP contribution in [0.15, 0.2) is 85.1 Å². The summed E-state index contributed by atoms with van der Waals surface area (Å²) in [6.07, 6.45) is 65.6. The van der Waals surface area contributed by atoms with Crippen LogP contribution in [0.1, 0.15) is 239 Å². The summed E-state index contributed by atoms with van der Waals surface area (Å²) in [5.41, 5.74) is 0. The van der Waals surface area contributed by atoms with Crippen LogP contribution in [0.5, 0.6) is 0 Å². The first-order valence-electron chi connectivity index (χ1n) is 28.9. The van der Waals surface area contributed by atoms with Gasteiger partial charge in [-0.2, -0.15) is 0 Å². The number of unbranched alkanes of at least 4 members (excludes halogenated alkanes) is 23. The van der Waals surface area contributed by atoms with E-state index in [2.05, 4.69) is 86.8 Å². The van der Waals surface area contributed by atoms with Crippen LogP contribution in [0.2, 0.25) is 0 Å². The number of likely N-dealkylation sites (N-methyl/N-ethyl adjacent to an activating group) is 1. The molecule has 1 N–H and O–H groups in total. The largest absolute Gasteiger partial charge is 0.756 e. The minimum absolute atomic E-state index is 0.0381. The molecule has 0 aliphatic carbocycles. The second kappa shape index (κ2) is 50.7. The fourth-order valence-electron chi connectivity index (χ4n) is 7.90. The molecule has 0 aromatic heterocycles. The molecule has 0 spiro atoms. The topological polar surface area (TPSA) is 114 Å². The van der Waals surface area contributed by atoms with Gasteiger partial charge < -0.3 is 28.5 Å². The zero-order chi connectivity index (χ0) is 52.2. The lowest BCUT2D eigenvalue weighted by Crippen LogP contribution is -2.47. The van der Waals surface area contributed by atoms with Crippen molar-refractivity contribution in [1.82, 2.24) is 5.32 Å². The fraction of sp³-hybridized carbons (Fsp3) is 0.738. The smallest absolute Gasteiger partial charge is 0.306 e. The van der Waals surface area contributed by atoms with Crippen LogP contribution in [0.25, 0.3) is 0 Å². The van der Waals surface area contributed by atoms with Gasteiger partial charge >= 0.3 is 5.97 Å². The molecule has 0 fully saturated rings. The van der Waals surface area contributed by atoms with Crippen LogP contribution in [-0.4, -0.2) is 69.4 Å². The molecule has 0 saturated heterocycles. The van der Waals surface area contributed by atoms with E-state index < -0.39 is 26.6 Å². The van der Waals surface area contributed by atoms with E-state index in [4.69, 9.17) is 13.8 Å². The van der Waals surface area contributed by atoms with Gasteiger partial charge in [0.15, 0.2) is 0 Å². The number of carbonyl (C=O) groups excluding carboxylic acids is 2. The number of allylic oxidation sites excluding steroid dienone is 13. The molecule has 0 aromatic rings. The predicted octanol–water partition coefficient (Wildman–Crippen LogP) is 16.8. The quantitative estimate of drug-likeness (QED) is 0.0212. The molecular formula is C61H109N2O7P. The second-order valence-electron chi connectivity index (χ2n) is 20.4. The van der Waals surface area contributed by atoms with Gasteiger partial charge in [-0.1, -0.05) is 241 Å². The number of rotatable bonds is 51. The molecule has 0 radical (unpaired) electrons. The van der Waals surface area contributed by atoms with Crippen LogP contribution >= 0.6 is 7.82 Å². The Bertz CT molecular complexity index is 1490. The van der Waals surface area contributed by atoms with Crippen molar-refractivity contribution < 1.29 is 37.3 Å². The highest BCUT2D eigenvalue weighted by Crippen LogP contribution is 2.38. The average Bonchev–Trinajstić information content (AvgIpc) is 3.33. The summed E-state index contributed by atoms with van der Waals surface area (Å²) in [6.45, 7) is 6.66. The van der Waals surface area contributed by atoms with Crippen molar-refractivity contribution in [3.63, 3.8) is 0 Å². The molecule has 0 aromatic carbocycles. The summed E-state index contributed by atoms with van der Waals surface area (Å²) in [4.78, 5) is 39.8. The van der Waals surface area contributed by atoms with Gasteiger partial charge in [0.05, 0.1) is 33.8 Å². The fourth-order valence-corrected chi connectivity index (χ4v) is 8.62. The molecule has 0 bridgehead atoms. The Morgan fingerprint density at radius 3 is 1.35 bits per heavy atom. The van der Waals surface area contributed by atoms with E-state index in [-0.39, 0.29) is 31.3 Å². The third-order valence-electron chi connectivity index (χ3n) is 12.4. The van der Waals surface area contributed by atoms with Crippen LogP contribution in [0, 0.1) is 0 Å². The molecule has 3 atom stereocenters. The number of phosphoric ester groups is 1. The molecule has 0 aliphatic heterocycles. The number of nitrogens with one attached hydrogen (secondary N) is 1. The van der Waals surface area contributed by atoms with Crippen molar-refractivity contribution in [2.45, 2.75) is 251 Å². The molecular weight excluding hydrogens is 904 g/mol. The molecule has 9 nitrogen and oxygen atoms in total. The highest BCUT2D eigenvalue weighted by molar-refractivity contribution is 7.45. The van der Waals surface area contributed by atoms with Gasteiger partial charge in [-0.3, -0.25) is 14.2 Å². The van der Waals surface area contributed by atoms with Gasteiger partial charge in [-0.15, -0.1) is 0 Å². The van der Waals surface area contributed by atoms with E-state index in [9.17, 15) is 19.0 Å². The first-order chi connectivity index (χ1) is 34.4. The molecule has 0 saturated carbocycles. The minimum Gasteiger partial charge on any atom is -0.756 e. The van der Waals surface area contributed by atoms with Crippen LogP contribution < -0.4 is 10.2 Å². The summed E-state index contributed by atoms with van der Waals surface area (Å²) in [5, 5.41) is 2.97. The van der Waals surface area contributed by atoms with Crippen molar-refractivity contribution in [1.29, 1.82) is 0 Å². The zero-order valence-corrected chi connectivity index (χ0v) is 47.5. The molecule has 0 heterocycles. The number of phosphoric acid groups is 1. The molecule has 0 aliphatic rings. The summed E-state index contributed by atoms with van der Waals surface area (Å²) >= 11 is 0. The SMILES string of the molecule is CC/C=C\C/C=C\C/C=C\C/C=C\C/C=C\C/C=C\CCC(=O)NC(COP(=O)([O-])OCC[N+](C)(C)C)C(/C=C\CCCCCCCCCCCC)OC(=O)CCCCCCCCCCCCCCCC. The monoisotopic (exact) mass is 1010 g/mol. The van der Waals surface area contributed by atoms with Crippen molar-refractivity contribution in [2.75, 3.05) is 40.9 Å². The maximum Gasteiger partial charge on any atom is 0.306 e. The summed E-state index contributed by atoms with van der Waals surface area (Å²) in [7, 11) is 1.13. The van der Waals surface area contributed by atoms with Crippen molar-refractivity contribution in [3.05, 3.63) is 85.1 Å². The lowest BCUT2D eigenvalue weighted by atomic mass is 10.0. The Morgan fingerprint density at radius 2 is 0.915 bits per heavy atom. The number of ether oxygens (including phenoxy) is 1. The molecule has 1 amide bonds. The maximum atomic E-state index is 13.4. The Balaban J connectivity index is 5.45. The summed E-state index contributed by atoms with van der Waals surface area (Å²) < 4.78 is 30.2. The van der Waals surface area contributed by atoms with Crippen molar-refractivity contribution in [2.24, 2.45) is 0 Å². The van der Waals surface area contributed by atoms with Gasteiger partial charge in [0, 0.05) is 12.8 Å². The number of carbonyl (C=O) groups is 2. The number of hydrogen-bond acceptors (Lipinski definition) is 7. The van der Waals surface area contributed by atoms with Crippen molar-refractivity contribution >= 4 is 19.7 Å². The third kappa shape index (κ3) is 51.9. The van der Waals surface area contributed by atoms with Crippen molar-refractivity contribution in [3.8, 4) is 0 Å². The predicted molar refractivity (Wildman–Crippen MR) is 302 cm³/mol. The van der Waals surface area contributed by atoms with E-state index >= 15 is 0 Å². The van der Waals surface area contributed by atoms with Crippen LogP contribution in [0.4, 0.5) is 0 Å². The second-order valence-corrected chi connectivity index (χ2v) is 21.8. The number of esters is 1. The summed E-state index contributed by atoms with van der Waals surface area (Å²) in [6, 6.07) is -0.929. The van der Waals surface area contributed by atoms with Gasteiger partial charge in [-0.05, 0) is 70.3 Å². The van der Waals surface area contributed by atoms with E-state index in [0.29, 0.717) is 17.4 Å². The Kier molecular flexibility index (Phi) is 48.7. The van der Waals surface area contributed by atoms with Gasteiger partial charge in [0.2, 0.25) is 5.91 Å². The lowest BCUT2D eigenvalue weighted by molar-refractivity contribution is -0.870. The van der Waals surface area contributed by atoms with Crippen LogP contribution in [0.3, 0.4) is 0 Å². The normalized spacial score (nSPS) is 14.4. The lowest BCUT2D eigenvalue weighted by Gasteiger charge is -2.30. The summed E-state index contributed by atoms with van der Waals surface area (Å²) in [5.74, 6) is -0.639. The Labute approximate surface area is 437 Å².